The highest BCUT2D eigenvalue weighted by molar-refractivity contribution is 6.99. The molecule has 1 aliphatic rings. The van der Waals surface area contributed by atoms with Gasteiger partial charge in [-0.25, -0.2) is 0 Å². The molecule has 3 aromatic carbocycles. The molecule has 3 aromatic rings. The second-order valence-electron chi connectivity index (χ2n) is 17.9. The molecule has 52 heavy (non-hydrogen) atoms. The first-order chi connectivity index (χ1) is 24.2. The van der Waals surface area contributed by atoms with Crippen molar-refractivity contribution in [3.63, 3.8) is 0 Å². The van der Waals surface area contributed by atoms with Gasteiger partial charge in [0, 0.05) is 0 Å². The molecule has 0 amide bonds. The number of rotatable bonds is 13. The fourth-order valence-electron chi connectivity index (χ4n) is 6.40. The van der Waals surface area contributed by atoms with Gasteiger partial charge in [-0.2, -0.15) is 0 Å². The van der Waals surface area contributed by atoms with Crippen molar-refractivity contribution in [3.05, 3.63) is 96.6 Å². The Balaban J connectivity index is 1.98. The van der Waals surface area contributed by atoms with Crippen molar-refractivity contribution in [2.45, 2.75) is 143 Å². The monoisotopic (exact) mass is 748 g/mol. The molecule has 0 aromatic heterocycles. The molecule has 0 spiro atoms. The van der Waals surface area contributed by atoms with Gasteiger partial charge in [-0.3, -0.25) is 4.79 Å². The third-order valence-electron chi connectivity index (χ3n) is 10.2. The summed E-state index contributed by atoms with van der Waals surface area (Å²) in [6.45, 7) is 27.8. The summed E-state index contributed by atoms with van der Waals surface area (Å²) in [5.74, 6) is -0.314. The Morgan fingerprint density at radius 2 is 1.19 bits per heavy atom. The van der Waals surface area contributed by atoms with E-state index in [-0.39, 0.29) is 28.8 Å². The van der Waals surface area contributed by atoms with Crippen LogP contribution in [0.4, 0.5) is 0 Å². The van der Waals surface area contributed by atoms with Gasteiger partial charge in [0.25, 0.3) is 8.32 Å². The molecule has 7 nitrogen and oxygen atoms in total. The highest BCUT2D eigenvalue weighted by atomic mass is 28.4. The Kier molecular flexibility index (Phi) is 13.6. The number of carbonyl (C=O) groups is 1. The van der Waals surface area contributed by atoms with Crippen molar-refractivity contribution in [2.24, 2.45) is 5.41 Å². The standard InChI is InChI=1S/C43H64O7Si2/c1-31(2)47-39-38(45-29-32-23-17-14-18-24-32)37(49-51(12,13)42(6,7)8)36(35(48-39)30-46-40(44)41(3,4)5)50-52(43(9,10)11,33-25-19-15-20-26-33)34-27-21-16-22-28-34/h14-28,31,35-39H,29-30H2,1-13H3/t35-,36-,37+,38+,39+/m1/s1. The van der Waals surface area contributed by atoms with E-state index >= 15 is 0 Å². The molecule has 0 aliphatic carbocycles. The van der Waals surface area contributed by atoms with Crippen molar-refractivity contribution in [2.75, 3.05) is 6.61 Å². The van der Waals surface area contributed by atoms with E-state index in [1.165, 1.54) is 0 Å². The summed E-state index contributed by atoms with van der Waals surface area (Å²) >= 11 is 0. The third kappa shape index (κ3) is 9.91. The van der Waals surface area contributed by atoms with Gasteiger partial charge < -0.3 is 27.8 Å². The maximum Gasteiger partial charge on any atom is 0.311 e. The molecule has 9 heteroatoms. The lowest BCUT2D eigenvalue weighted by Gasteiger charge is -2.54. The summed E-state index contributed by atoms with van der Waals surface area (Å²) in [4.78, 5) is 13.3. The van der Waals surface area contributed by atoms with Crippen LogP contribution in [0, 0.1) is 5.41 Å². The number of carbonyl (C=O) groups excluding carboxylic acids is 1. The quantitative estimate of drug-likeness (QED) is 0.128. The van der Waals surface area contributed by atoms with Gasteiger partial charge in [-0.1, -0.05) is 133 Å². The van der Waals surface area contributed by atoms with E-state index in [2.05, 4.69) is 115 Å². The van der Waals surface area contributed by atoms with E-state index in [4.69, 9.17) is 27.8 Å². The number of hydrogen-bond donors (Lipinski definition) is 0. The molecule has 1 heterocycles. The van der Waals surface area contributed by atoms with E-state index in [0.29, 0.717) is 6.61 Å². The van der Waals surface area contributed by atoms with Crippen LogP contribution < -0.4 is 10.4 Å². The van der Waals surface area contributed by atoms with Gasteiger partial charge >= 0.3 is 5.97 Å². The number of esters is 1. The summed E-state index contributed by atoms with van der Waals surface area (Å²) in [6, 6.07) is 31.3. The molecule has 0 saturated carbocycles. The predicted octanol–water partition coefficient (Wildman–Crippen LogP) is 8.65. The van der Waals surface area contributed by atoms with Crippen molar-refractivity contribution in [1.82, 2.24) is 0 Å². The summed E-state index contributed by atoms with van der Waals surface area (Å²) in [5.41, 5.74) is 0.331. The summed E-state index contributed by atoms with van der Waals surface area (Å²) in [5, 5.41) is 1.80. The summed E-state index contributed by atoms with van der Waals surface area (Å²) < 4.78 is 41.9. The topological polar surface area (TPSA) is 72.5 Å². The Labute approximate surface area is 316 Å². The second-order valence-corrected chi connectivity index (χ2v) is 26.9. The third-order valence-corrected chi connectivity index (χ3v) is 19.7. The van der Waals surface area contributed by atoms with Crippen molar-refractivity contribution < 1.29 is 32.6 Å². The molecular formula is C43H64O7Si2. The van der Waals surface area contributed by atoms with E-state index in [1.807, 2.05) is 65.0 Å². The Morgan fingerprint density at radius 1 is 0.692 bits per heavy atom. The zero-order valence-electron chi connectivity index (χ0n) is 33.9. The van der Waals surface area contributed by atoms with Crippen LogP contribution in [0.15, 0.2) is 91.0 Å². The van der Waals surface area contributed by atoms with Gasteiger partial charge in [0.2, 0.25) is 0 Å². The first-order valence-corrected chi connectivity index (χ1v) is 23.6. The number of benzene rings is 3. The van der Waals surface area contributed by atoms with E-state index in [1.54, 1.807) is 0 Å². The average molecular weight is 749 g/mol. The molecule has 5 atom stereocenters. The van der Waals surface area contributed by atoms with Crippen molar-refractivity contribution >= 4 is 33.0 Å². The summed E-state index contributed by atoms with van der Waals surface area (Å²) in [7, 11) is -5.69. The maximum atomic E-state index is 13.3. The average Bonchev–Trinajstić information content (AvgIpc) is 3.06. The Hall–Kier alpha value is -2.64. The molecule has 286 valence electrons. The lowest BCUT2D eigenvalue weighted by atomic mass is 9.97. The van der Waals surface area contributed by atoms with Gasteiger partial charge in [-0.05, 0) is 73.7 Å². The molecule has 0 radical (unpaired) electrons. The molecule has 1 fully saturated rings. The molecule has 0 bridgehead atoms. The normalized spacial score (nSPS) is 22.0. The molecule has 4 rings (SSSR count). The van der Waals surface area contributed by atoms with Crippen LogP contribution in [-0.2, 0) is 39.2 Å². The first kappa shape index (κ1) is 42.1. The fraction of sp³-hybridized carbons (Fsp3) is 0.558. The molecular weight excluding hydrogens is 685 g/mol. The van der Waals surface area contributed by atoms with Crippen LogP contribution in [-0.4, -0.2) is 66.0 Å². The van der Waals surface area contributed by atoms with Gasteiger partial charge in [0.1, 0.15) is 31.0 Å². The largest absolute Gasteiger partial charge is 0.462 e. The Morgan fingerprint density at radius 3 is 1.63 bits per heavy atom. The van der Waals surface area contributed by atoms with Crippen molar-refractivity contribution in [3.8, 4) is 0 Å². The predicted molar refractivity (Wildman–Crippen MR) is 215 cm³/mol. The zero-order valence-corrected chi connectivity index (χ0v) is 35.9. The van der Waals surface area contributed by atoms with E-state index < -0.39 is 52.8 Å². The second kappa shape index (κ2) is 16.8. The highest BCUT2D eigenvalue weighted by Crippen LogP contribution is 2.44. The van der Waals surface area contributed by atoms with Gasteiger partial charge in [-0.15, -0.1) is 0 Å². The smallest absolute Gasteiger partial charge is 0.311 e. The molecule has 0 unspecified atom stereocenters. The minimum absolute atomic E-state index is 0.0281. The molecule has 0 N–H and O–H groups in total. The number of ether oxygens (including phenoxy) is 4. The molecule has 1 saturated heterocycles. The molecule has 1 aliphatic heterocycles. The number of hydrogen-bond acceptors (Lipinski definition) is 7. The zero-order chi connectivity index (χ0) is 38.5. The van der Waals surface area contributed by atoms with Gasteiger partial charge in [0.15, 0.2) is 14.6 Å². The minimum Gasteiger partial charge on any atom is -0.462 e. The van der Waals surface area contributed by atoms with Crippen LogP contribution in [0.5, 0.6) is 0 Å². The fourth-order valence-corrected chi connectivity index (χ4v) is 12.4. The first-order valence-electron chi connectivity index (χ1n) is 18.8. The lowest BCUT2D eigenvalue weighted by Crippen LogP contribution is -2.73. The Bertz CT molecular complexity index is 1500. The van der Waals surface area contributed by atoms with Crippen LogP contribution in [0.1, 0.15) is 81.7 Å². The van der Waals surface area contributed by atoms with Gasteiger partial charge in [0.05, 0.1) is 18.1 Å². The van der Waals surface area contributed by atoms with Crippen LogP contribution in [0.2, 0.25) is 23.2 Å². The van der Waals surface area contributed by atoms with Crippen LogP contribution in [0.3, 0.4) is 0 Å². The van der Waals surface area contributed by atoms with Crippen molar-refractivity contribution in [1.29, 1.82) is 0 Å². The minimum atomic E-state index is -3.19. The van der Waals surface area contributed by atoms with Crippen LogP contribution >= 0.6 is 0 Å². The maximum absolute atomic E-state index is 13.3. The lowest BCUT2D eigenvalue weighted by molar-refractivity contribution is -0.314. The highest BCUT2D eigenvalue weighted by Gasteiger charge is 2.59. The SMILES string of the molecule is CC(C)O[C@H]1O[C@H](COC(=O)C(C)(C)C)[C@@H](O[Si](c2ccccc2)(c2ccccc2)C(C)(C)C)[C@H](O[Si](C)(C)C(C)(C)C)[C@@H]1OCc1ccccc1. The van der Waals surface area contributed by atoms with E-state index in [0.717, 1.165) is 15.9 Å². The van der Waals surface area contributed by atoms with Crippen LogP contribution in [0.25, 0.3) is 0 Å². The summed E-state index contributed by atoms with van der Waals surface area (Å²) in [6.07, 6.45) is -3.68. The van der Waals surface area contributed by atoms with E-state index in [9.17, 15) is 4.79 Å².